The van der Waals surface area contributed by atoms with Crippen LogP contribution in [0.25, 0.3) is 11.4 Å². The van der Waals surface area contributed by atoms with Crippen LogP contribution in [0.5, 0.6) is 0 Å². The summed E-state index contributed by atoms with van der Waals surface area (Å²) in [4.78, 5) is 9.99. The van der Waals surface area contributed by atoms with Crippen LogP contribution in [0.3, 0.4) is 0 Å². The first-order valence-corrected chi connectivity index (χ1v) is 10.1. The minimum Gasteiger partial charge on any atom is -0.329 e. The lowest BCUT2D eigenvalue weighted by Gasteiger charge is -2.44. The van der Waals surface area contributed by atoms with E-state index in [0.717, 1.165) is 47.9 Å². The van der Waals surface area contributed by atoms with Crippen LogP contribution < -0.4 is 5.73 Å². The van der Waals surface area contributed by atoms with Crippen LogP contribution in [0.15, 0.2) is 34.9 Å². The number of nitrogens with two attached hydrogens (primary N) is 1. The molecule has 0 saturated carbocycles. The van der Waals surface area contributed by atoms with Gasteiger partial charge in [0, 0.05) is 50.9 Å². The maximum absolute atomic E-state index is 6.20. The largest absolute Gasteiger partial charge is 0.329 e. The average molecular weight is 420 g/mol. The fraction of sp³-hybridized carbons (Fsp3) is 0.550. The summed E-state index contributed by atoms with van der Waals surface area (Å²) in [6, 6.07) is 10.4. The molecule has 1 atom stereocenters. The Bertz CT molecular complexity index is 727. The van der Waals surface area contributed by atoms with Gasteiger partial charge in [0.2, 0.25) is 0 Å². The van der Waals surface area contributed by atoms with Gasteiger partial charge >= 0.3 is 0 Å². The molecule has 2 heterocycles. The second-order valence-electron chi connectivity index (χ2n) is 7.98. The molecular weight excluding hydrogens is 390 g/mol. The predicted molar refractivity (Wildman–Crippen MR) is 111 cm³/mol. The van der Waals surface area contributed by atoms with E-state index in [4.69, 9.17) is 10.7 Å². The maximum atomic E-state index is 6.20. The minimum atomic E-state index is 0.134. The van der Waals surface area contributed by atoms with Crippen LogP contribution in [0.1, 0.15) is 32.5 Å². The molecule has 0 aliphatic carbocycles. The van der Waals surface area contributed by atoms with E-state index >= 15 is 0 Å². The summed E-state index contributed by atoms with van der Waals surface area (Å²) < 4.78 is 3.13. The first-order valence-electron chi connectivity index (χ1n) is 9.29. The van der Waals surface area contributed by atoms with E-state index in [0.29, 0.717) is 6.54 Å². The van der Waals surface area contributed by atoms with E-state index in [-0.39, 0.29) is 11.6 Å². The second-order valence-corrected chi connectivity index (χ2v) is 8.73. The highest BCUT2D eigenvalue weighted by atomic mass is 79.9. The Morgan fingerprint density at radius 3 is 2.27 bits per heavy atom. The molecule has 5 nitrogen and oxygen atoms in total. The van der Waals surface area contributed by atoms with Gasteiger partial charge in [0.05, 0.1) is 11.7 Å². The van der Waals surface area contributed by atoms with Crippen LogP contribution >= 0.6 is 15.9 Å². The van der Waals surface area contributed by atoms with Gasteiger partial charge in [-0.15, -0.1) is 0 Å². The Hall–Kier alpha value is -1.21. The lowest BCUT2D eigenvalue weighted by Crippen LogP contribution is -2.54. The Labute approximate surface area is 165 Å². The Morgan fingerprint density at radius 2 is 1.73 bits per heavy atom. The molecule has 2 N–H and O–H groups in total. The number of benzene rings is 1. The summed E-state index contributed by atoms with van der Waals surface area (Å²) in [5.41, 5.74) is 8.58. The number of piperazine rings is 1. The normalized spacial score (nSPS) is 18.2. The fourth-order valence-electron chi connectivity index (χ4n) is 3.70. The zero-order valence-corrected chi connectivity index (χ0v) is 17.8. The molecule has 142 valence electrons. The third kappa shape index (κ3) is 3.88. The van der Waals surface area contributed by atoms with Crippen molar-refractivity contribution in [3.63, 3.8) is 0 Å². The van der Waals surface area contributed by atoms with Gasteiger partial charge in [-0.2, -0.15) is 0 Å². The molecule has 0 spiro atoms. The Balaban J connectivity index is 1.83. The molecule has 3 rings (SSSR count). The standard InChI is InChI=1S/C20H30BrN5/c1-20(2,3)26-12-10-25(11-13-26)16(14-22)17-18(21)24(4)19(23-17)15-8-6-5-7-9-15/h5-9,16H,10-14,22H2,1-4H3. The van der Waals surface area contributed by atoms with Gasteiger partial charge < -0.3 is 10.3 Å². The molecule has 0 radical (unpaired) electrons. The van der Waals surface area contributed by atoms with E-state index in [1.165, 1.54) is 0 Å². The third-order valence-corrected chi connectivity index (χ3v) is 6.26. The van der Waals surface area contributed by atoms with Crippen molar-refractivity contribution in [3.8, 4) is 11.4 Å². The number of halogens is 1. The number of rotatable bonds is 4. The number of aromatic nitrogens is 2. The molecule has 1 saturated heterocycles. The first kappa shape index (κ1) is 19.5. The van der Waals surface area contributed by atoms with Crippen LogP contribution in [0.2, 0.25) is 0 Å². The van der Waals surface area contributed by atoms with Crippen LogP contribution in [-0.4, -0.2) is 57.6 Å². The van der Waals surface area contributed by atoms with Crippen molar-refractivity contribution in [1.29, 1.82) is 0 Å². The smallest absolute Gasteiger partial charge is 0.140 e. The topological polar surface area (TPSA) is 50.3 Å². The number of imidazole rings is 1. The fourth-order valence-corrected chi connectivity index (χ4v) is 4.22. The zero-order chi connectivity index (χ0) is 18.9. The summed E-state index contributed by atoms with van der Waals surface area (Å²) in [5, 5.41) is 0. The van der Waals surface area contributed by atoms with Crippen molar-refractivity contribution in [2.24, 2.45) is 12.8 Å². The van der Waals surface area contributed by atoms with E-state index in [2.05, 4.69) is 63.2 Å². The minimum absolute atomic E-state index is 0.134. The lowest BCUT2D eigenvalue weighted by atomic mass is 10.0. The predicted octanol–water partition coefficient (Wildman–Crippen LogP) is 3.27. The van der Waals surface area contributed by atoms with Crippen LogP contribution in [0, 0.1) is 0 Å². The molecule has 1 unspecified atom stereocenters. The second kappa shape index (κ2) is 7.80. The Morgan fingerprint density at radius 1 is 1.12 bits per heavy atom. The van der Waals surface area contributed by atoms with Crippen molar-refractivity contribution in [3.05, 3.63) is 40.6 Å². The third-order valence-electron chi connectivity index (χ3n) is 5.32. The van der Waals surface area contributed by atoms with Gasteiger partial charge in [0.15, 0.2) is 0 Å². The molecule has 1 aliphatic rings. The highest BCUT2D eigenvalue weighted by Crippen LogP contribution is 2.32. The van der Waals surface area contributed by atoms with Gasteiger partial charge in [-0.05, 0) is 36.7 Å². The van der Waals surface area contributed by atoms with E-state index in [9.17, 15) is 0 Å². The molecule has 1 fully saturated rings. The van der Waals surface area contributed by atoms with Crippen LogP contribution in [-0.2, 0) is 7.05 Å². The van der Waals surface area contributed by atoms with Gasteiger partial charge in [0.25, 0.3) is 0 Å². The average Bonchev–Trinajstić information content (AvgIpc) is 2.92. The van der Waals surface area contributed by atoms with Gasteiger partial charge in [-0.1, -0.05) is 30.3 Å². The van der Waals surface area contributed by atoms with Crippen LogP contribution in [0.4, 0.5) is 0 Å². The maximum Gasteiger partial charge on any atom is 0.140 e. The number of hydrogen-bond acceptors (Lipinski definition) is 4. The van der Waals surface area contributed by atoms with E-state index in [1.54, 1.807) is 0 Å². The number of hydrogen-bond donors (Lipinski definition) is 1. The van der Waals surface area contributed by atoms with Crippen molar-refractivity contribution in [2.75, 3.05) is 32.7 Å². The molecule has 1 aromatic heterocycles. The van der Waals surface area contributed by atoms with E-state index < -0.39 is 0 Å². The molecule has 6 heteroatoms. The molecule has 0 amide bonds. The monoisotopic (exact) mass is 419 g/mol. The van der Waals surface area contributed by atoms with Crippen molar-refractivity contribution in [2.45, 2.75) is 32.4 Å². The zero-order valence-electron chi connectivity index (χ0n) is 16.2. The molecule has 26 heavy (non-hydrogen) atoms. The molecule has 0 bridgehead atoms. The summed E-state index contributed by atoms with van der Waals surface area (Å²) in [6.07, 6.45) is 0. The molecule has 2 aromatic rings. The molecule has 1 aromatic carbocycles. The molecule has 1 aliphatic heterocycles. The summed E-state index contributed by atoms with van der Waals surface area (Å²) in [7, 11) is 2.05. The highest BCUT2D eigenvalue weighted by Gasteiger charge is 2.31. The van der Waals surface area contributed by atoms with Crippen molar-refractivity contribution in [1.82, 2.24) is 19.4 Å². The summed E-state index contributed by atoms with van der Waals surface area (Å²) >= 11 is 3.76. The summed E-state index contributed by atoms with van der Waals surface area (Å²) in [6.45, 7) is 11.6. The number of nitrogens with zero attached hydrogens (tertiary/aromatic N) is 4. The quantitative estimate of drug-likeness (QED) is 0.825. The highest BCUT2D eigenvalue weighted by molar-refractivity contribution is 9.10. The SMILES string of the molecule is Cn1c(-c2ccccc2)nc(C(CN)N2CCN(C(C)(C)C)CC2)c1Br. The molecular formula is C20H30BrN5. The van der Waals surface area contributed by atoms with Gasteiger partial charge in [-0.3, -0.25) is 9.80 Å². The Kier molecular flexibility index (Phi) is 5.87. The van der Waals surface area contributed by atoms with Gasteiger partial charge in [-0.25, -0.2) is 4.98 Å². The van der Waals surface area contributed by atoms with Crippen molar-refractivity contribution >= 4 is 15.9 Å². The van der Waals surface area contributed by atoms with Gasteiger partial charge in [0.1, 0.15) is 10.4 Å². The first-order chi connectivity index (χ1) is 12.3. The van der Waals surface area contributed by atoms with E-state index in [1.807, 2.05) is 25.2 Å². The lowest BCUT2D eigenvalue weighted by molar-refractivity contribution is 0.0424. The van der Waals surface area contributed by atoms with Crippen molar-refractivity contribution < 1.29 is 0 Å². The summed E-state index contributed by atoms with van der Waals surface area (Å²) in [5.74, 6) is 0.972.